The Morgan fingerprint density at radius 2 is 1.30 bits per heavy atom. The van der Waals surface area contributed by atoms with E-state index in [1.807, 2.05) is 11.3 Å². The maximum atomic E-state index is 2.47. The summed E-state index contributed by atoms with van der Waals surface area (Å²) in [6.07, 6.45) is 4.36. The number of rotatable bonds is 2. The Balaban J connectivity index is 1.87. The van der Waals surface area contributed by atoms with Gasteiger partial charge in [-0.05, 0) is 36.1 Å². The Bertz CT molecular complexity index is 1870. The molecule has 0 saturated carbocycles. The number of allylic oxidation sites excluding steroid dienone is 1. The van der Waals surface area contributed by atoms with Gasteiger partial charge in [-0.3, -0.25) is 0 Å². The Kier molecular flexibility index (Phi) is 3.99. The van der Waals surface area contributed by atoms with Crippen molar-refractivity contribution in [2.45, 2.75) is 6.92 Å². The van der Waals surface area contributed by atoms with E-state index in [4.69, 9.17) is 0 Å². The van der Waals surface area contributed by atoms with Gasteiger partial charge in [0.15, 0.2) is 0 Å². The molecule has 2 heteroatoms. The predicted octanol–water partition coefficient (Wildman–Crippen LogP) is 9.34. The number of benzene rings is 5. The monoisotopic (exact) mass is 439 g/mol. The largest absolute Gasteiger partial charge is 0.309 e. The smallest absolute Gasteiger partial charge is 0.0640 e. The Morgan fingerprint density at radius 1 is 0.606 bits per heavy atom. The molecule has 5 aromatic carbocycles. The van der Waals surface area contributed by atoms with Crippen molar-refractivity contribution in [3.8, 4) is 5.69 Å². The number of thiophene rings is 1. The lowest BCUT2D eigenvalue weighted by molar-refractivity contribution is 1.19. The van der Waals surface area contributed by atoms with Crippen LogP contribution in [-0.4, -0.2) is 4.57 Å². The number of nitrogens with zero attached hydrogens (tertiary/aromatic N) is 1. The van der Waals surface area contributed by atoms with Crippen molar-refractivity contribution in [2.24, 2.45) is 0 Å². The van der Waals surface area contributed by atoms with Gasteiger partial charge in [-0.2, -0.15) is 0 Å². The van der Waals surface area contributed by atoms with Gasteiger partial charge in [0.05, 0.1) is 11.0 Å². The van der Waals surface area contributed by atoms with Gasteiger partial charge in [-0.15, -0.1) is 11.3 Å². The molecule has 0 aliphatic heterocycles. The maximum absolute atomic E-state index is 2.47. The Labute approximate surface area is 195 Å². The standard InChI is InChI=1S/C31H21NS/c1-2-11-20-12-10-18-25-28-29-27(22-15-6-7-16-23(22)31(28)33-30(20)25)24-17-8-9-19-26(24)32(29)21-13-4-3-5-14-21/h2-19H,1H3/b11-2+. The number of hydrogen-bond acceptors (Lipinski definition) is 1. The van der Waals surface area contributed by atoms with E-state index in [0.29, 0.717) is 0 Å². The molecule has 0 amide bonds. The predicted molar refractivity (Wildman–Crippen MR) is 146 cm³/mol. The van der Waals surface area contributed by atoms with E-state index in [2.05, 4.69) is 121 Å². The molecule has 0 bridgehead atoms. The molecular weight excluding hydrogens is 418 g/mol. The molecule has 0 saturated heterocycles. The van der Waals surface area contributed by atoms with Gasteiger partial charge in [0.1, 0.15) is 0 Å². The molecule has 0 atom stereocenters. The number of para-hydroxylation sites is 2. The van der Waals surface area contributed by atoms with Gasteiger partial charge in [0.2, 0.25) is 0 Å². The van der Waals surface area contributed by atoms with Crippen LogP contribution in [-0.2, 0) is 0 Å². The van der Waals surface area contributed by atoms with Crippen LogP contribution in [0.1, 0.15) is 12.5 Å². The van der Waals surface area contributed by atoms with Gasteiger partial charge in [0, 0.05) is 42.0 Å². The third-order valence-corrected chi connectivity index (χ3v) is 7.95. The van der Waals surface area contributed by atoms with Gasteiger partial charge >= 0.3 is 0 Å². The van der Waals surface area contributed by atoms with Crippen LogP contribution in [0, 0.1) is 0 Å². The zero-order chi connectivity index (χ0) is 21.9. The quantitative estimate of drug-likeness (QED) is 0.253. The number of hydrogen-bond donors (Lipinski definition) is 0. The van der Waals surface area contributed by atoms with Gasteiger partial charge in [-0.1, -0.05) is 91.0 Å². The highest BCUT2D eigenvalue weighted by Gasteiger charge is 2.21. The van der Waals surface area contributed by atoms with Crippen molar-refractivity contribution in [3.05, 3.63) is 109 Å². The summed E-state index contributed by atoms with van der Waals surface area (Å²) < 4.78 is 5.19. The average molecular weight is 440 g/mol. The van der Waals surface area contributed by atoms with Crippen LogP contribution in [0.3, 0.4) is 0 Å². The lowest BCUT2D eigenvalue weighted by atomic mass is 9.99. The summed E-state index contributed by atoms with van der Waals surface area (Å²) in [7, 11) is 0. The molecule has 0 unspecified atom stereocenters. The fourth-order valence-electron chi connectivity index (χ4n) is 5.37. The molecule has 1 nitrogen and oxygen atoms in total. The van der Waals surface area contributed by atoms with Crippen LogP contribution < -0.4 is 0 Å². The zero-order valence-electron chi connectivity index (χ0n) is 18.2. The van der Waals surface area contributed by atoms with Crippen molar-refractivity contribution in [3.63, 3.8) is 0 Å². The minimum Gasteiger partial charge on any atom is -0.309 e. The fourth-order valence-corrected chi connectivity index (χ4v) is 6.71. The molecule has 156 valence electrons. The highest BCUT2D eigenvalue weighted by molar-refractivity contribution is 7.27. The minimum absolute atomic E-state index is 1.20. The van der Waals surface area contributed by atoms with E-state index < -0.39 is 0 Å². The molecule has 0 spiro atoms. The first-order chi connectivity index (χ1) is 16.4. The van der Waals surface area contributed by atoms with E-state index in [0.717, 1.165) is 0 Å². The highest BCUT2D eigenvalue weighted by atomic mass is 32.1. The van der Waals surface area contributed by atoms with Gasteiger partial charge in [0.25, 0.3) is 0 Å². The highest BCUT2D eigenvalue weighted by Crippen LogP contribution is 2.48. The molecule has 0 aliphatic carbocycles. The van der Waals surface area contributed by atoms with Crippen LogP contribution in [0.25, 0.3) is 64.5 Å². The first kappa shape index (κ1) is 18.7. The molecule has 0 radical (unpaired) electrons. The van der Waals surface area contributed by atoms with Crippen molar-refractivity contribution >= 4 is 70.2 Å². The SMILES string of the molecule is C/C=C/c1cccc2c1sc1c3ccccc3c3c4ccccc4n(-c4ccccc4)c3c21. The van der Waals surface area contributed by atoms with E-state index in [1.165, 1.54) is 64.0 Å². The minimum atomic E-state index is 1.20. The first-order valence-corrected chi connectivity index (χ1v) is 12.2. The number of aromatic nitrogens is 1. The molecule has 2 heterocycles. The van der Waals surface area contributed by atoms with E-state index in [1.54, 1.807) is 0 Å². The van der Waals surface area contributed by atoms with E-state index in [9.17, 15) is 0 Å². The summed E-state index contributed by atoms with van der Waals surface area (Å²) >= 11 is 1.92. The summed E-state index contributed by atoms with van der Waals surface area (Å²) in [5.74, 6) is 0. The number of fused-ring (bicyclic) bond motifs is 10. The molecule has 0 N–H and O–H groups in total. The second-order valence-corrected chi connectivity index (χ2v) is 9.51. The third kappa shape index (κ3) is 2.53. The summed E-state index contributed by atoms with van der Waals surface area (Å²) in [5.41, 5.74) is 5.04. The summed E-state index contributed by atoms with van der Waals surface area (Å²) in [6, 6.07) is 35.2. The Hall–Kier alpha value is -3.88. The summed E-state index contributed by atoms with van der Waals surface area (Å²) in [4.78, 5) is 0. The second kappa shape index (κ2) is 7.06. The molecular formula is C31H21NS. The molecule has 33 heavy (non-hydrogen) atoms. The van der Waals surface area contributed by atoms with Crippen molar-refractivity contribution in [1.82, 2.24) is 4.57 Å². The fraction of sp³-hybridized carbons (Fsp3) is 0.0323. The maximum Gasteiger partial charge on any atom is 0.0640 e. The van der Waals surface area contributed by atoms with Crippen LogP contribution in [0.15, 0.2) is 103 Å². The molecule has 7 rings (SSSR count). The first-order valence-electron chi connectivity index (χ1n) is 11.3. The van der Waals surface area contributed by atoms with Crippen LogP contribution >= 0.6 is 11.3 Å². The van der Waals surface area contributed by atoms with E-state index in [-0.39, 0.29) is 0 Å². The molecule has 0 aliphatic rings. The molecule has 0 fully saturated rings. The average Bonchev–Trinajstić information content (AvgIpc) is 3.42. The lowest BCUT2D eigenvalue weighted by Crippen LogP contribution is -1.93. The van der Waals surface area contributed by atoms with Crippen molar-refractivity contribution in [1.29, 1.82) is 0 Å². The van der Waals surface area contributed by atoms with Crippen LogP contribution in [0.5, 0.6) is 0 Å². The van der Waals surface area contributed by atoms with Crippen molar-refractivity contribution in [2.75, 3.05) is 0 Å². The van der Waals surface area contributed by atoms with Crippen molar-refractivity contribution < 1.29 is 0 Å². The Morgan fingerprint density at radius 3 is 2.12 bits per heavy atom. The lowest BCUT2D eigenvalue weighted by Gasteiger charge is -2.10. The van der Waals surface area contributed by atoms with E-state index >= 15 is 0 Å². The third-order valence-electron chi connectivity index (χ3n) is 6.66. The zero-order valence-corrected chi connectivity index (χ0v) is 19.1. The van der Waals surface area contributed by atoms with Crippen LogP contribution in [0.2, 0.25) is 0 Å². The van der Waals surface area contributed by atoms with Crippen LogP contribution in [0.4, 0.5) is 0 Å². The summed E-state index contributed by atoms with van der Waals surface area (Å²) in [5, 5.41) is 8.00. The van der Waals surface area contributed by atoms with Gasteiger partial charge < -0.3 is 4.57 Å². The second-order valence-electron chi connectivity index (χ2n) is 8.49. The normalized spacial score (nSPS) is 12.3. The molecule has 2 aromatic heterocycles. The summed E-state index contributed by atoms with van der Waals surface area (Å²) in [6.45, 7) is 2.09. The molecule has 7 aromatic rings. The topological polar surface area (TPSA) is 4.93 Å². The van der Waals surface area contributed by atoms with Gasteiger partial charge in [-0.25, -0.2) is 0 Å².